The number of hydrogen-bond donors (Lipinski definition) is 1. The van der Waals surface area contributed by atoms with Gasteiger partial charge >= 0.3 is 0 Å². The van der Waals surface area contributed by atoms with E-state index in [9.17, 15) is 9.59 Å². The summed E-state index contributed by atoms with van der Waals surface area (Å²) in [6.07, 6.45) is -0.837. The van der Waals surface area contributed by atoms with Crippen molar-refractivity contribution in [3.8, 4) is 5.75 Å². The fourth-order valence-electron chi connectivity index (χ4n) is 3.00. The molecule has 0 aliphatic carbocycles. The normalized spacial score (nSPS) is 16.1. The van der Waals surface area contributed by atoms with E-state index in [0.717, 1.165) is 5.56 Å². The van der Waals surface area contributed by atoms with E-state index < -0.39 is 12.0 Å². The maximum Gasteiger partial charge on any atom is 0.260 e. The third-order valence-corrected chi connectivity index (χ3v) is 4.37. The summed E-state index contributed by atoms with van der Waals surface area (Å²) >= 11 is 0. The number of nitrogens with two attached hydrogens (primary N) is 1. The molecule has 1 atom stereocenters. The van der Waals surface area contributed by atoms with Crippen molar-refractivity contribution in [1.82, 2.24) is 4.90 Å². The first-order valence-electron chi connectivity index (χ1n) is 8.53. The minimum absolute atomic E-state index is 0.0957. The van der Waals surface area contributed by atoms with Gasteiger partial charge in [0.05, 0.1) is 18.8 Å². The number of benzene rings is 2. The molecule has 1 aliphatic heterocycles. The second kappa shape index (κ2) is 7.58. The maximum absolute atomic E-state index is 12.9. The lowest BCUT2D eigenvalue weighted by Gasteiger charge is -2.34. The van der Waals surface area contributed by atoms with E-state index in [1.807, 2.05) is 31.0 Å². The van der Waals surface area contributed by atoms with Crippen molar-refractivity contribution < 1.29 is 14.3 Å². The Balaban J connectivity index is 1.71. The number of nitrogens with zero attached hydrogens (tertiary/aromatic N) is 2. The molecule has 0 spiro atoms. The van der Waals surface area contributed by atoms with Crippen molar-refractivity contribution in [1.29, 1.82) is 0 Å². The second-order valence-corrected chi connectivity index (χ2v) is 6.64. The Morgan fingerprint density at radius 2 is 1.88 bits per heavy atom. The van der Waals surface area contributed by atoms with Gasteiger partial charge in [-0.15, -0.1) is 0 Å². The number of likely N-dealkylation sites (N-methyl/N-ethyl adjacent to an activating group) is 1. The van der Waals surface area contributed by atoms with E-state index in [0.29, 0.717) is 18.0 Å². The van der Waals surface area contributed by atoms with Crippen molar-refractivity contribution in [3.05, 3.63) is 59.7 Å². The Kier molecular flexibility index (Phi) is 5.23. The van der Waals surface area contributed by atoms with E-state index in [1.54, 1.807) is 17.0 Å². The van der Waals surface area contributed by atoms with Gasteiger partial charge < -0.3 is 15.4 Å². The highest BCUT2D eigenvalue weighted by atomic mass is 16.5. The van der Waals surface area contributed by atoms with Gasteiger partial charge in [-0.05, 0) is 31.7 Å². The molecular formula is C20H23N3O3. The van der Waals surface area contributed by atoms with Crippen LogP contribution in [0, 0.1) is 6.92 Å². The first-order chi connectivity index (χ1) is 12.4. The van der Waals surface area contributed by atoms with Crippen LogP contribution in [0.3, 0.4) is 0 Å². The van der Waals surface area contributed by atoms with E-state index in [2.05, 4.69) is 24.3 Å². The lowest BCUT2D eigenvalue weighted by atomic mass is 10.1. The number of para-hydroxylation sites is 2. The van der Waals surface area contributed by atoms with E-state index in [4.69, 9.17) is 10.5 Å². The smallest absolute Gasteiger partial charge is 0.260 e. The Morgan fingerprint density at radius 1 is 1.19 bits per heavy atom. The molecule has 1 unspecified atom stereocenters. The summed E-state index contributed by atoms with van der Waals surface area (Å²) in [5.41, 5.74) is 8.40. The number of carbonyl (C=O) groups is 2. The van der Waals surface area contributed by atoms with Crippen LogP contribution in [0.5, 0.6) is 5.75 Å². The first kappa shape index (κ1) is 17.9. The topological polar surface area (TPSA) is 75.9 Å². The molecule has 0 saturated carbocycles. The van der Waals surface area contributed by atoms with Gasteiger partial charge in [0.2, 0.25) is 5.91 Å². The average Bonchev–Trinajstić information content (AvgIpc) is 2.62. The molecule has 0 aromatic heterocycles. The van der Waals surface area contributed by atoms with Gasteiger partial charge in [-0.3, -0.25) is 14.5 Å². The van der Waals surface area contributed by atoms with Gasteiger partial charge in [0.1, 0.15) is 5.75 Å². The van der Waals surface area contributed by atoms with Gasteiger partial charge in [0.25, 0.3) is 5.91 Å². The van der Waals surface area contributed by atoms with Gasteiger partial charge in [0.15, 0.2) is 6.10 Å². The summed E-state index contributed by atoms with van der Waals surface area (Å²) in [6, 6.07) is 15.4. The molecule has 6 nitrogen and oxygen atoms in total. The highest BCUT2D eigenvalue weighted by molar-refractivity contribution is 5.98. The molecule has 2 amide bonds. The predicted molar refractivity (Wildman–Crippen MR) is 99.9 cm³/mol. The van der Waals surface area contributed by atoms with Crippen LogP contribution in [0.2, 0.25) is 0 Å². The maximum atomic E-state index is 12.9. The van der Waals surface area contributed by atoms with Gasteiger partial charge in [-0.1, -0.05) is 42.0 Å². The van der Waals surface area contributed by atoms with Crippen LogP contribution >= 0.6 is 0 Å². The summed E-state index contributed by atoms with van der Waals surface area (Å²) in [7, 11) is 1.90. The van der Waals surface area contributed by atoms with Gasteiger partial charge in [0, 0.05) is 6.54 Å². The molecule has 3 rings (SSSR count). The third kappa shape index (κ3) is 4.03. The van der Waals surface area contributed by atoms with E-state index in [-0.39, 0.29) is 19.0 Å². The molecule has 136 valence electrons. The fraction of sp³-hybridized carbons (Fsp3) is 0.300. The van der Waals surface area contributed by atoms with Gasteiger partial charge in [-0.2, -0.15) is 0 Å². The quantitative estimate of drug-likeness (QED) is 0.888. The standard InChI is InChI=1S/C20H23N3O3/c1-14-7-9-15(10-8-14)11-22(2)13-19(24)23-12-18(20(21)25)26-17-6-4-3-5-16(17)23/h3-10,18H,11-13H2,1-2H3,(H2,21,25). The summed E-state index contributed by atoms with van der Waals surface area (Å²) in [6.45, 7) is 3.07. The lowest BCUT2D eigenvalue weighted by molar-refractivity contribution is -0.125. The second-order valence-electron chi connectivity index (χ2n) is 6.64. The zero-order valence-electron chi connectivity index (χ0n) is 15.0. The number of fused-ring (bicyclic) bond motifs is 1. The lowest BCUT2D eigenvalue weighted by Crippen LogP contribution is -2.51. The zero-order valence-corrected chi connectivity index (χ0v) is 15.0. The van der Waals surface area contributed by atoms with Crippen LogP contribution in [-0.4, -0.2) is 43.0 Å². The average molecular weight is 353 g/mol. The molecule has 0 saturated heterocycles. The highest BCUT2D eigenvalue weighted by Crippen LogP contribution is 2.33. The minimum atomic E-state index is -0.837. The van der Waals surface area contributed by atoms with E-state index >= 15 is 0 Å². The molecule has 0 fully saturated rings. The highest BCUT2D eigenvalue weighted by Gasteiger charge is 2.32. The van der Waals surface area contributed by atoms with Crippen molar-refractivity contribution in [2.24, 2.45) is 5.73 Å². The molecule has 26 heavy (non-hydrogen) atoms. The number of primary amides is 1. The number of aryl methyl sites for hydroxylation is 1. The van der Waals surface area contributed by atoms with Crippen molar-refractivity contribution in [2.75, 3.05) is 25.0 Å². The molecule has 2 aromatic carbocycles. The number of anilines is 1. The van der Waals surface area contributed by atoms with Crippen LogP contribution in [0.4, 0.5) is 5.69 Å². The van der Waals surface area contributed by atoms with Crippen LogP contribution in [0.25, 0.3) is 0 Å². The summed E-state index contributed by atoms with van der Waals surface area (Å²) < 4.78 is 5.60. The first-order valence-corrected chi connectivity index (χ1v) is 8.53. The van der Waals surface area contributed by atoms with Crippen LogP contribution < -0.4 is 15.4 Å². The van der Waals surface area contributed by atoms with Crippen LogP contribution in [0.1, 0.15) is 11.1 Å². The predicted octanol–water partition coefficient (Wildman–Crippen LogP) is 1.71. The number of carbonyl (C=O) groups excluding carboxylic acids is 2. The molecule has 1 aliphatic rings. The number of rotatable bonds is 5. The number of amides is 2. The summed E-state index contributed by atoms with van der Waals surface area (Å²) in [5.74, 6) is -0.177. The van der Waals surface area contributed by atoms with Crippen molar-refractivity contribution >= 4 is 17.5 Å². The SMILES string of the molecule is Cc1ccc(CN(C)CC(=O)N2CC(C(N)=O)Oc3ccccc32)cc1. The van der Waals surface area contributed by atoms with Crippen LogP contribution in [0.15, 0.2) is 48.5 Å². The Morgan fingerprint density at radius 3 is 2.58 bits per heavy atom. The van der Waals surface area contributed by atoms with E-state index in [1.165, 1.54) is 5.56 Å². The Labute approximate surface area is 153 Å². The minimum Gasteiger partial charge on any atom is -0.477 e. The largest absolute Gasteiger partial charge is 0.477 e. The summed E-state index contributed by atoms with van der Waals surface area (Å²) in [5, 5.41) is 0. The molecule has 2 aromatic rings. The Hall–Kier alpha value is -2.86. The Bertz CT molecular complexity index is 804. The molecule has 0 radical (unpaired) electrons. The molecule has 1 heterocycles. The third-order valence-electron chi connectivity index (χ3n) is 4.37. The monoisotopic (exact) mass is 353 g/mol. The molecular weight excluding hydrogens is 330 g/mol. The molecule has 2 N–H and O–H groups in total. The summed E-state index contributed by atoms with van der Waals surface area (Å²) in [4.78, 5) is 28.0. The fourth-order valence-corrected chi connectivity index (χ4v) is 3.00. The van der Waals surface area contributed by atoms with Crippen molar-refractivity contribution in [3.63, 3.8) is 0 Å². The zero-order chi connectivity index (χ0) is 18.7. The molecule has 0 bridgehead atoms. The molecule has 6 heteroatoms. The van der Waals surface area contributed by atoms with Gasteiger partial charge in [-0.25, -0.2) is 0 Å². The number of hydrogen-bond acceptors (Lipinski definition) is 4. The number of ether oxygens (including phenoxy) is 1. The van der Waals surface area contributed by atoms with Crippen molar-refractivity contribution in [2.45, 2.75) is 19.6 Å². The van der Waals surface area contributed by atoms with Crippen LogP contribution in [-0.2, 0) is 16.1 Å².